The first-order chi connectivity index (χ1) is 17.6. The summed E-state index contributed by atoms with van der Waals surface area (Å²) in [7, 11) is 1.61. The van der Waals surface area contributed by atoms with Crippen molar-refractivity contribution in [1.82, 2.24) is 29.5 Å². The third kappa shape index (κ3) is 3.97. The fraction of sp³-hybridized carbons (Fsp3) is 0.192. The lowest BCUT2D eigenvalue weighted by Crippen LogP contribution is -2.30. The number of hydrogen-bond donors (Lipinski definition) is 2. The summed E-state index contributed by atoms with van der Waals surface area (Å²) in [6, 6.07) is 17.0. The lowest BCUT2D eigenvalue weighted by atomic mass is 9.99. The highest BCUT2D eigenvalue weighted by atomic mass is 16.5. The summed E-state index contributed by atoms with van der Waals surface area (Å²) in [5.41, 5.74) is 11.1. The topological polar surface area (TPSA) is 124 Å². The van der Waals surface area contributed by atoms with Gasteiger partial charge in [0.05, 0.1) is 13.7 Å². The molecule has 1 amide bonds. The van der Waals surface area contributed by atoms with Crippen molar-refractivity contribution in [2.45, 2.75) is 19.5 Å². The standard InChI is InChI=1S/C26H24N8O2/c1-36-21-7-4-5-19-23(21)31-26(27)34-24(19)30-22(32-34)15-33-12-10-16-8-9-18(13-17(16)14-33)29-25(35)20-6-2-3-11-28-20/h2-9,11,13H,10,12,14-15H2,1H3,(H2,27,31)(H,29,35). The van der Waals surface area contributed by atoms with E-state index in [-0.39, 0.29) is 11.9 Å². The number of benzene rings is 2. The number of amides is 1. The van der Waals surface area contributed by atoms with E-state index in [0.29, 0.717) is 35.0 Å². The van der Waals surface area contributed by atoms with Crippen LogP contribution in [0, 0.1) is 0 Å². The molecule has 4 heterocycles. The van der Waals surface area contributed by atoms with Crippen LogP contribution in [0.4, 0.5) is 11.6 Å². The Hall–Kier alpha value is -4.57. The maximum absolute atomic E-state index is 12.5. The molecule has 0 unspecified atom stereocenters. The first-order valence-electron chi connectivity index (χ1n) is 11.6. The molecule has 3 N–H and O–H groups in total. The van der Waals surface area contributed by atoms with Crippen molar-refractivity contribution < 1.29 is 9.53 Å². The van der Waals surface area contributed by atoms with Gasteiger partial charge in [0.15, 0.2) is 11.5 Å². The summed E-state index contributed by atoms with van der Waals surface area (Å²) in [5, 5.41) is 8.41. The smallest absolute Gasteiger partial charge is 0.274 e. The number of methoxy groups -OCH3 is 1. The highest BCUT2D eigenvalue weighted by Crippen LogP contribution is 2.28. The van der Waals surface area contributed by atoms with E-state index in [4.69, 9.17) is 15.5 Å². The van der Waals surface area contributed by atoms with Crippen LogP contribution < -0.4 is 15.8 Å². The van der Waals surface area contributed by atoms with E-state index in [2.05, 4.69) is 31.3 Å². The van der Waals surface area contributed by atoms with Gasteiger partial charge in [-0.1, -0.05) is 18.2 Å². The molecule has 5 aromatic rings. The molecule has 1 aliphatic heterocycles. The second-order valence-electron chi connectivity index (χ2n) is 8.70. The second-order valence-corrected chi connectivity index (χ2v) is 8.70. The molecular weight excluding hydrogens is 456 g/mol. The fourth-order valence-electron chi connectivity index (χ4n) is 4.62. The first-order valence-corrected chi connectivity index (χ1v) is 11.6. The average Bonchev–Trinajstić information content (AvgIpc) is 3.33. The summed E-state index contributed by atoms with van der Waals surface area (Å²) in [4.78, 5) is 28.2. The third-order valence-electron chi connectivity index (χ3n) is 6.37. The van der Waals surface area contributed by atoms with Gasteiger partial charge in [0.2, 0.25) is 5.95 Å². The number of para-hydroxylation sites is 1. The Morgan fingerprint density at radius 1 is 1.11 bits per heavy atom. The van der Waals surface area contributed by atoms with Crippen molar-refractivity contribution in [3.63, 3.8) is 0 Å². The van der Waals surface area contributed by atoms with Crippen LogP contribution >= 0.6 is 0 Å². The summed E-state index contributed by atoms with van der Waals surface area (Å²) in [6.07, 6.45) is 2.51. The SMILES string of the molecule is COc1cccc2c1nc(N)n1nc(CN3CCc4ccc(NC(=O)c5ccccn5)cc4C3)nc21. The number of anilines is 2. The van der Waals surface area contributed by atoms with Gasteiger partial charge in [-0.3, -0.25) is 14.7 Å². The number of carbonyl (C=O) groups excluding carboxylic acids is 1. The molecule has 36 heavy (non-hydrogen) atoms. The van der Waals surface area contributed by atoms with Crippen LogP contribution in [0.1, 0.15) is 27.4 Å². The number of nitrogens with one attached hydrogen (secondary N) is 1. The van der Waals surface area contributed by atoms with Crippen LogP contribution in [0.3, 0.4) is 0 Å². The molecule has 180 valence electrons. The van der Waals surface area contributed by atoms with Gasteiger partial charge in [0.1, 0.15) is 17.0 Å². The van der Waals surface area contributed by atoms with Gasteiger partial charge in [-0.25, -0.2) is 9.97 Å². The highest BCUT2D eigenvalue weighted by molar-refractivity contribution is 6.02. The normalized spacial score (nSPS) is 13.6. The number of nitrogens with two attached hydrogens (primary N) is 1. The number of nitrogens with zero attached hydrogens (tertiary/aromatic N) is 6. The quantitative estimate of drug-likeness (QED) is 0.393. The molecule has 0 saturated heterocycles. The lowest BCUT2D eigenvalue weighted by molar-refractivity contribution is 0.102. The molecule has 0 saturated carbocycles. The van der Waals surface area contributed by atoms with Crippen LogP contribution in [0.5, 0.6) is 5.75 Å². The van der Waals surface area contributed by atoms with E-state index < -0.39 is 0 Å². The van der Waals surface area contributed by atoms with Gasteiger partial charge in [-0.05, 0) is 53.9 Å². The largest absolute Gasteiger partial charge is 0.494 e. The maximum Gasteiger partial charge on any atom is 0.274 e. The van der Waals surface area contributed by atoms with Gasteiger partial charge in [0.25, 0.3) is 5.91 Å². The molecule has 3 aromatic heterocycles. The molecular formula is C26H24N8O2. The Morgan fingerprint density at radius 3 is 2.86 bits per heavy atom. The van der Waals surface area contributed by atoms with E-state index in [1.54, 1.807) is 36.0 Å². The van der Waals surface area contributed by atoms with Crippen LogP contribution in [0.15, 0.2) is 60.8 Å². The van der Waals surface area contributed by atoms with Crippen LogP contribution in [-0.2, 0) is 19.5 Å². The van der Waals surface area contributed by atoms with E-state index in [1.807, 2.05) is 30.3 Å². The second kappa shape index (κ2) is 8.90. The molecule has 0 atom stereocenters. The first kappa shape index (κ1) is 21.9. The number of fused-ring (bicyclic) bond motifs is 4. The predicted octanol–water partition coefficient (Wildman–Crippen LogP) is 3.07. The van der Waals surface area contributed by atoms with Gasteiger partial charge in [0, 0.05) is 30.4 Å². The molecule has 10 heteroatoms. The highest BCUT2D eigenvalue weighted by Gasteiger charge is 2.21. The van der Waals surface area contributed by atoms with Crippen molar-refractivity contribution in [2.75, 3.05) is 24.7 Å². The number of aromatic nitrogens is 5. The van der Waals surface area contributed by atoms with Crippen LogP contribution in [-0.4, -0.2) is 49.0 Å². The van der Waals surface area contributed by atoms with Gasteiger partial charge in [-0.15, -0.1) is 5.10 Å². The number of nitrogen functional groups attached to an aromatic ring is 1. The number of pyridine rings is 1. The molecule has 0 bridgehead atoms. The minimum atomic E-state index is -0.229. The zero-order chi connectivity index (χ0) is 24.6. The predicted molar refractivity (Wildman–Crippen MR) is 136 cm³/mol. The van der Waals surface area contributed by atoms with Crippen molar-refractivity contribution in [3.8, 4) is 5.75 Å². The van der Waals surface area contributed by atoms with Crippen LogP contribution in [0.25, 0.3) is 16.6 Å². The molecule has 1 aliphatic rings. The maximum atomic E-state index is 12.5. The number of ether oxygens (including phenoxy) is 1. The average molecular weight is 481 g/mol. The van der Waals surface area contributed by atoms with Gasteiger partial charge in [-0.2, -0.15) is 4.52 Å². The summed E-state index contributed by atoms with van der Waals surface area (Å²) < 4.78 is 7.02. The summed E-state index contributed by atoms with van der Waals surface area (Å²) in [5.74, 6) is 1.34. The van der Waals surface area contributed by atoms with E-state index in [1.165, 1.54) is 11.1 Å². The Kier molecular flexibility index (Phi) is 5.42. The Labute approximate surface area is 206 Å². The summed E-state index contributed by atoms with van der Waals surface area (Å²) in [6.45, 7) is 2.17. The molecule has 0 aliphatic carbocycles. The molecule has 6 rings (SSSR count). The number of rotatable bonds is 5. The van der Waals surface area contributed by atoms with Crippen molar-refractivity contribution >= 4 is 34.1 Å². The minimum absolute atomic E-state index is 0.229. The van der Waals surface area contributed by atoms with Crippen LogP contribution in [0.2, 0.25) is 0 Å². The van der Waals surface area contributed by atoms with Crippen molar-refractivity contribution in [1.29, 1.82) is 0 Å². The Balaban J connectivity index is 1.23. The Bertz CT molecular complexity index is 1600. The fourth-order valence-corrected chi connectivity index (χ4v) is 4.62. The minimum Gasteiger partial charge on any atom is -0.494 e. The monoisotopic (exact) mass is 480 g/mol. The lowest BCUT2D eigenvalue weighted by Gasteiger charge is -2.28. The molecule has 0 spiro atoms. The van der Waals surface area contributed by atoms with Crippen molar-refractivity contribution in [2.24, 2.45) is 0 Å². The molecule has 0 fully saturated rings. The van der Waals surface area contributed by atoms with E-state index in [9.17, 15) is 4.79 Å². The Morgan fingerprint density at radius 2 is 2.03 bits per heavy atom. The van der Waals surface area contributed by atoms with E-state index >= 15 is 0 Å². The number of carbonyl (C=O) groups is 1. The zero-order valence-corrected chi connectivity index (χ0v) is 19.7. The number of hydrogen-bond acceptors (Lipinski definition) is 8. The third-order valence-corrected chi connectivity index (χ3v) is 6.37. The van der Waals surface area contributed by atoms with Crippen molar-refractivity contribution in [3.05, 3.63) is 83.4 Å². The summed E-state index contributed by atoms with van der Waals surface area (Å²) >= 11 is 0. The molecule has 10 nitrogen and oxygen atoms in total. The molecule has 2 aromatic carbocycles. The van der Waals surface area contributed by atoms with E-state index in [0.717, 1.165) is 30.6 Å². The zero-order valence-electron chi connectivity index (χ0n) is 19.7. The molecule has 0 radical (unpaired) electrons. The van der Waals surface area contributed by atoms with Gasteiger partial charge < -0.3 is 15.8 Å². The van der Waals surface area contributed by atoms with Gasteiger partial charge >= 0.3 is 0 Å².